The van der Waals surface area contributed by atoms with Crippen molar-refractivity contribution >= 4 is 0 Å². The third kappa shape index (κ3) is 2.49. The van der Waals surface area contributed by atoms with Crippen molar-refractivity contribution in [3.05, 3.63) is 48.3 Å². The van der Waals surface area contributed by atoms with Gasteiger partial charge in [0.05, 0.1) is 5.69 Å². The van der Waals surface area contributed by atoms with Gasteiger partial charge in [-0.05, 0) is 38.0 Å². The number of aromatic nitrogens is 2. The highest BCUT2D eigenvalue weighted by atomic mass is 15.3. The summed E-state index contributed by atoms with van der Waals surface area (Å²) < 4.78 is 1.97. The second kappa shape index (κ2) is 4.94. The van der Waals surface area contributed by atoms with E-state index in [0.717, 1.165) is 18.5 Å². The molecule has 2 rings (SSSR count). The lowest BCUT2D eigenvalue weighted by Gasteiger charge is -2.08. The number of nitrogens with two attached hydrogens (primary N) is 1. The molecule has 1 atom stereocenters. The molecule has 0 bridgehead atoms. The first-order valence-corrected chi connectivity index (χ1v) is 5.61. The van der Waals surface area contributed by atoms with Crippen LogP contribution in [0, 0.1) is 0 Å². The molecule has 16 heavy (non-hydrogen) atoms. The predicted octanol–water partition coefficient (Wildman–Crippen LogP) is 2.15. The highest BCUT2D eigenvalue weighted by Crippen LogP contribution is 2.11. The maximum absolute atomic E-state index is 5.77. The van der Waals surface area contributed by atoms with Gasteiger partial charge in [-0.2, -0.15) is 5.10 Å². The molecule has 0 saturated carbocycles. The van der Waals surface area contributed by atoms with Crippen LogP contribution in [0.1, 0.15) is 19.0 Å². The summed E-state index contributed by atoms with van der Waals surface area (Å²) in [6.45, 7) is 2.03. The topological polar surface area (TPSA) is 43.8 Å². The predicted molar refractivity (Wildman–Crippen MR) is 65.5 cm³/mol. The Balaban J connectivity index is 2.19. The van der Waals surface area contributed by atoms with E-state index in [1.165, 1.54) is 5.69 Å². The minimum atomic E-state index is 0.235. The molecule has 0 aliphatic heterocycles. The van der Waals surface area contributed by atoms with E-state index in [-0.39, 0.29) is 6.04 Å². The summed E-state index contributed by atoms with van der Waals surface area (Å²) in [5, 5.41) is 4.34. The second-order valence-electron chi connectivity index (χ2n) is 4.09. The van der Waals surface area contributed by atoms with Crippen molar-refractivity contribution in [3.8, 4) is 5.69 Å². The Morgan fingerprint density at radius 2 is 2.00 bits per heavy atom. The molecular weight excluding hydrogens is 198 g/mol. The third-order valence-corrected chi connectivity index (χ3v) is 2.58. The van der Waals surface area contributed by atoms with E-state index < -0.39 is 0 Å². The Kier molecular flexibility index (Phi) is 3.37. The van der Waals surface area contributed by atoms with Crippen molar-refractivity contribution in [2.45, 2.75) is 25.8 Å². The molecule has 2 aromatic rings. The van der Waals surface area contributed by atoms with Crippen molar-refractivity contribution in [3.63, 3.8) is 0 Å². The minimum Gasteiger partial charge on any atom is -0.328 e. The summed E-state index contributed by atoms with van der Waals surface area (Å²) in [5.74, 6) is 0. The first-order chi connectivity index (χ1) is 7.77. The lowest BCUT2D eigenvalue weighted by atomic mass is 10.1. The number of benzene rings is 1. The smallest absolute Gasteiger partial charge is 0.0648 e. The van der Waals surface area contributed by atoms with E-state index in [2.05, 4.69) is 23.3 Å². The molecule has 1 heterocycles. The zero-order valence-electron chi connectivity index (χ0n) is 9.50. The van der Waals surface area contributed by atoms with Gasteiger partial charge < -0.3 is 5.73 Å². The molecule has 0 spiro atoms. The fourth-order valence-electron chi connectivity index (χ4n) is 1.70. The van der Waals surface area contributed by atoms with Crippen molar-refractivity contribution in [1.82, 2.24) is 9.78 Å². The fraction of sp³-hybridized carbons (Fsp3) is 0.308. The third-order valence-electron chi connectivity index (χ3n) is 2.58. The Bertz CT molecular complexity index is 431. The first-order valence-electron chi connectivity index (χ1n) is 5.61. The Hall–Kier alpha value is -1.61. The molecule has 0 saturated heterocycles. The summed E-state index contributed by atoms with van der Waals surface area (Å²) in [6, 6.07) is 12.5. The molecule has 1 unspecified atom stereocenters. The van der Waals surface area contributed by atoms with Crippen LogP contribution >= 0.6 is 0 Å². The van der Waals surface area contributed by atoms with E-state index in [0.29, 0.717) is 0 Å². The van der Waals surface area contributed by atoms with Gasteiger partial charge in [-0.1, -0.05) is 18.2 Å². The number of hydrogen-bond acceptors (Lipinski definition) is 2. The highest BCUT2D eigenvalue weighted by molar-refractivity contribution is 5.32. The van der Waals surface area contributed by atoms with Crippen LogP contribution in [0.4, 0.5) is 0 Å². The van der Waals surface area contributed by atoms with Gasteiger partial charge in [0.2, 0.25) is 0 Å². The van der Waals surface area contributed by atoms with Crippen LogP contribution in [0.2, 0.25) is 0 Å². The number of nitrogens with zero attached hydrogens (tertiary/aromatic N) is 2. The van der Waals surface area contributed by atoms with E-state index in [9.17, 15) is 0 Å². The summed E-state index contributed by atoms with van der Waals surface area (Å²) in [6.07, 6.45) is 3.79. The maximum atomic E-state index is 5.77. The number of aryl methyl sites for hydroxylation is 1. The molecular formula is C13H17N3. The molecule has 1 aromatic carbocycles. The van der Waals surface area contributed by atoms with Gasteiger partial charge in [-0.15, -0.1) is 0 Å². The van der Waals surface area contributed by atoms with Crippen LogP contribution in [0.25, 0.3) is 5.69 Å². The van der Waals surface area contributed by atoms with E-state index in [4.69, 9.17) is 5.73 Å². The average Bonchev–Trinajstić information content (AvgIpc) is 2.75. The van der Waals surface area contributed by atoms with Crippen LogP contribution in [0.5, 0.6) is 0 Å². The van der Waals surface area contributed by atoms with Gasteiger partial charge in [-0.3, -0.25) is 0 Å². The first kappa shape index (κ1) is 10.9. The van der Waals surface area contributed by atoms with E-state index >= 15 is 0 Å². The van der Waals surface area contributed by atoms with Crippen molar-refractivity contribution < 1.29 is 0 Å². The molecule has 84 valence electrons. The Labute approximate surface area is 95.9 Å². The standard InChI is InChI=1S/C13H17N3/c1-11(14)7-8-13-9-10-15-16(13)12-5-3-2-4-6-12/h2-6,9-11H,7-8,14H2,1H3. The van der Waals surface area contributed by atoms with Gasteiger partial charge in [0.25, 0.3) is 0 Å². The molecule has 3 heteroatoms. The molecule has 0 amide bonds. The molecule has 1 aromatic heterocycles. The van der Waals surface area contributed by atoms with Crippen LogP contribution in [0.15, 0.2) is 42.6 Å². The number of para-hydroxylation sites is 1. The van der Waals surface area contributed by atoms with E-state index in [1.807, 2.05) is 36.0 Å². The normalized spacial score (nSPS) is 12.6. The lowest BCUT2D eigenvalue weighted by molar-refractivity contribution is 0.643. The highest BCUT2D eigenvalue weighted by Gasteiger charge is 2.05. The molecule has 0 aliphatic rings. The lowest BCUT2D eigenvalue weighted by Crippen LogP contribution is -2.16. The SMILES string of the molecule is CC(N)CCc1ccnn1-c1ccccc1. The summed E-state index contributed by atoms with van der Waals surface area (Å²) in [7, 11) is 0. The Morgan fingerprint density at radius 1 is 1.25 bits per heavy atom. The van der Waals surface area contributed by atoms with Gasteiger partial charge >= 0.3 is 0 Å². The number of hydrogen-bond donors (Lipinski definition) is 1. The molecule has 0 aliphatic carbocycles. The quantitative estimate of drug-likeness (QED) is 0.849. The maximum Gasteiger partial charge on any atom is 0.0648 e. The number of rotatable bonds is 4. The summed E-state index contributed by atoms with van der Waals surface area (Å²) >= 11 is 0. The molecule has 3 nitrogen and oxygen atoms in total. The van der Waals surface area contributed by atoms with Gasteiger partial charge in [0.15, 0.2) is 0 Å². The van der Waals surface area contributed by atoms with Crippen LogP contribution in [-0.4, -0.2) is 15.8 Å². The molecule has 2 N–H and O–H groups in total. The van der Waals surface area contributed by atoms with Crippen LogP contribution in [0.3, 0.4) is 0 Å². The zero-order chi connectivity index (χ0) is 11.4. The van der Waals surface area contributed by atoms with E-state index in [1.54, 1.807) is 0 Å². The average molecular weight is 215 g/mol. The zero-order valence-corrected chi connectivity index (χ0v) is 9.50. The van der Waals surface area contributed by atoms with Crippen LogP contribution < -0.4 is 5.73 Å². The Morgan fingerprint density at radius 3 is 2.69 bits per heavy atom. The molecule has 0 fully saturated rings. The van der Waals surface area contributed by atoms with Gasteiger partial charge in [0.1, 0.15) is 0 Å². The van der Waals surface area contributed by atoms with Crippen molar-refractivity contribution in [2.24, 2.45) is 5.73 Å². The van der Waals surface area contributed by atoms with Crippen LogP contribution in [-0.2, 0) is 6.42 Å². The second-order valence-corrected chi connectivity index (χ2v) is 4.09. The monoisotopic (exact) mass is 215 g/mol. The molecule has 0 radical (unpaired) electrons. The van der Waals surface area contributed by atoms with Gasteiger partial charge in [-0.25, -0.2) is 4.68 Å². The summed E-state index contributed by atoms with van der Waals surface area (Å²) in [5.41, 5.74) is 8.08. The fourth-order valence-corrected chi connectivity index (χ4v) is 1.70. The van der Waals surface area contributed by atoms with Crippen molar-refractivity contribution in [1.29, 1.82) is 0 Å². The summed E-state index contributed by atoms with van der Waals surface area (Å²) in [4.78, 5) is 0. The minimum absolute atomic E-state index is 0.235. The largest absolute Gasteiger partial charge is 0.328 e. The van der Waals surface area contributed by atoms with Crippen molar-refractivity contribution in [2.75, 3.05) is 0 Å². The van der Waals surface area contributed by atoms with Gasteiger partial charge in [0, 0.05) is 17.9 Å².